The summed E-state index contributed by atoms with van der Waals surface area (Å²) in [4.78, 5) is 16.6. The number of carbonyl (C=O) groups is 1. The minimum Gasteiger partial charge on any atom is -0.485 e. The summed E-state index contributed by atoms with van der Waals surface area (Å²) in [5.41, 5.74) is 1.38. The van der Waals surface area contributed by atoms with Crippen LogP contribution in [-0.2, 0) is 11.2 Å². The number of benzene rings is 2. The molecule has 0 N–H and O–H groups in total. The molecule has 2 aliphatic rings. The Morgan fingerprint density at radius 2 is 1.97 bits per heavy atom. The molecule has 0 radical (unpaired) electrons. The van der Waals surface area contributed by atoms with Crippen molar-refractivity contribution in [2.75, 3.05) is 19.8 Å². The summed E-state index contributed by atoms with van der Waals surface area (Å²) >= 11 is 6.46. The predicted molar refractivity (Wildman–Crippen MR) is 121 cm³/mol. The fourth-order valence-corrected chi connectivity index (χ4v) is 4.10. The lowest BCUT2D eigenvalue weighted by atomic mass is 10.0. The van der Waals surface area contributed by atoms with Crippen molar-refractivity contribution in [3.63, 3.8) is 0 Å². The highest BCUT2D eigenvalue weighted by atomic mass is 35.5. The largest absolute Gasteiger partial charge is 0.485 e. The molecule has 0 unspecified atom stereocenters. The van der Waals surface area contributed by atoms with Crippen LogP contribution in [0.3, 0.4) is 0 Å². The fourth-order valence-electron chi connectivity index (χ4n) is 3.87. The first kappa shape index (κ1) is 21.4. The predicted octanol–water partition coefficient (Wildman–Crippen LogP) is 5.27. The normalized spacial score (nSPS) is 14.5. The molecule has 33 heavy (non-hydrogen) atoms. The molecule has 2 aromatic carbocycles. The monoisotopic (exact) mass is 464 g/mol. The summed E-state index contributed by atoms with van der Waals surface area (Å²) in [7, 11) is 0. The van der Waals surface area contributed by atoms with E-state index in [-0.39, 0.29) is 12.4 Å². The van der Waals surface area contributed by atoms with Crippen LogP contribution >= 0.6 is 11.6 Å². The molecule has 0 amide bonds. The lowest BCUT2D eigenvalue weighted by Crippen LogP contribution is -2.17. The second-order valence-electron chi connectivity index (χ2n) is 8.10. The van der Waals surface area contributed by atoms with Crippen LogP contribution < -0.4 is 18.9 Å². The van der Waals surface area contributed by atoms with E-state index in [9.17, 15) is 4.79 Å². The van der Waals surface area contributed by atoms with Gasteiger partial charge < -0.3 is 18.9 Å². The van der Waals surface area contributed by atoms with Crippen molar-refractivity contribution < 1.29 is 23.7 Å². The van der Waals surface area contributed by atoms with Gasteiger partial charge >= 0.3 is 0 Å². The maximum absolute atomic E-state index is 12.2. The first-order valence-electron chi connectivity index (χ1n) is 10.8. The van der Waals surface area contributed by atoms with Crippen LogP contribution in [0.15, 0.2) is 36.5 Å². The molecule has 2 heterocycles. The summed E-state index contributed by atoms with van der Waals surface area (Å²) < 4.78 is 23.3. The van der Waals surface area contributed by atoms with Gasteiger partial charge in [0.15, 0.2) is 18.1 Å². The Kier molecular flexibility index (Phi) is 5.93. The molecule has 5 rings (SSSR count). The van der Waals surface area contributed by atoms with Crippen molar-refractivity contribution in [2.45, 2.75) is 25.7 Å². The van der Waals surface area contributed by atoms with Crippen LogP contribution in [0.25, 0.3) is 10.9 Å². The molecule has 1 aromatic heterocycles. The highest BCUT2D eigenvalue weighted by Gasteiger charge is 2.26. The molecule has 8 heteroatoms. The number of aromatic nitrogens is 1. The molecule has 1 aliphatic carbocycles. The van der Waals surface area contributed by atoms with Gasteiger partial charge in [-0.3, -0.25) is 9.78 Å². The molecule has 0 atom stereocenters. The van der Waals surface area contributed by atoms with Crippen molar-refractivity contribution >= 4 is 28.3 Å². The van der Waals surface area contributed by atoms with Gasteiger partial charge in [0.2, 0.25) is 5.75 Å². The molecule has 7 nitrogen and oxygen atoms in total. The van der Waals surface area contributed by atoms with Crippen LogP contribution in [0.4, 0.5) is 0 Å². The minimum atomic E-state index is -0.120. The van der Waals surface area contributed by atoms with Crippen molar-refractivity contribution in [1.29, 1.82) is 5.26 Å². The molecule has 1 aliphatic heterocycles. The third-order valence-corrected chi connectivity index (χ3v) is 5.94. The number of Topliss-reactive ketones (excluding diaryl/α,β-unsaturated/α-hetero) is 1. The van der Waals surface area contributed by atoms with Gasteiger partial charge in [0.05, 0.1) is 10.9 Å². The van der Waals surface area contributed by atoms with E-state index >= 15 is 0 Å². The van der Waals surface area contributed by atoms with Crippen LogP contribution in [0.2, 0.25) is 5.02 Å². The van der Waals surface area contributed by atoms with E-state index in [1.165, 1.54) is 0 Å². The SMILES string of the molecule is N#CCOc1cc2nccc(Oc3ccc(CC(=O)CC4CC4)c(Cl)c3)c2c2c1OCCO2. The van der Waals surface area contributed by atoms with Crippen LogP contribution in [0.5, 0.6) is 28.7 Å². The van der Waals surface area contributed by atoms with Gasteiger partial charge in [0, 0.05) is 30.1 Å². The highest BCUT2D eigenvalue weighted by molar-refractivity contribution is 6.31. The van der Waals surface area contributed by atoms with Gasteiger partial charge in [0.1, 0.15) is 36.6 Å². The number of ether oxygens (including phenoxy) is 4. The van der Waals surface area contributed by atoms with Crippen LogP contribution in [-0.4, -0.2) is 30.6 Å². The number of nitrogens with zero attached hydrogens (tertiary/aromatic N) is 2. The first-order chi connectivity index (χ1) is 16.1. The summed E-state index contributed by atoms with van der Waals surface area (Å²) in [6.07, 6.45) is 4.88. The molecular weight excluding hydrogens is 444 g/mol. The number of rotatable bonds is 8. The molecule has 0 spiro atoms. The Morgan fingerprint density at radius 1 is 1.15 bits per heavy atom. The summed E-state index contributed by atoms with van der Waals surface area (Å²) in [6.45, 7) is 0.619. The molecule has 168 valence electrons. The van der Waals surface area contributed by atoms with Crippen molar-refractivity contribution in [1.82, 2.24) is 4.98 Å². The fraction of sp³-hybridized carbons (Fsp3) is 0.320. The number of halogens is 1. The molecule has 3 aromatic rings. The summed E-state index contributed by atoms with van der Waals surface area (Å²) in [6, 6.07) is 10.7. The van der Waals surface area contributed by atoms with Crippen LogP contribution in [0.1, 0.15) is 24.8 Å². The maximum atomic E-state index is 12.2. The maximum Gasteiger partial charge on any atom is 0.204 e. The lowest BCUT2D eigenvalue weighted by molar-refractivity contribution is -0.118. The minimum absolute atomic E-state index is 0.120. The van der Waals surface area contributed by atoms with E-state index in [4.69, 9.17) is 35.8 Å². The van der Waals surface area contributed by atoms with E-state index in [1.54, 1.807) is 30.5 Å². The third-order valence-electron chi connectivity index (χ3n) is 5.59. The zero-order chi connectivity index (χ0) is 22.8. The highest BCUT2D eigenvalue weighted by Crippen LogP contribution is 2.48. The van der Waals surface area contributed by atoms with Gasteiger partial charge in [-0.25, -0.2) is 0 Å². The third kappa shape index (κ3) is 4.67. The molecule has 0 bridgehead atoms. The van der Waals surface area contributed by atoms with Gasteiger partial charge in [-0.2, -0.15) is 5.26 Å². The second-order valence-corrected chi connectivity index (χ2v) is 8.51. The number of ketones is 1. The van der Waals surface area contributed by atoms with E-state index in [0.29, 0.717) is 76.6 Å². The van der Waals surface area contributed by atoms with Gasteiger partial charge in [0.25, 0.3) is 0 Å². The van der Waals surface area contributed by atoms with Crippen molar-refractivity contribution in [3.05, 3.63) is 47.1 Å². The first-order valence-corrected chi connectivity index (χ1v) is 11.2. The Morgan fingerprint density at radius 3 is 2.73 bits per heavy atom. The zero-order valence-electron chi connectivity index (χ0n) is 17.8. The number of carbonyl (C=O) groups excluding carboxylic acids is 1. The number of nitriles is 1. The Bertz CT molecular complexity index is 1270. The van der Waals surface area contributed by atoms with E-state index in [2.05, 4.69) is 4.98 Å². The number of hydrogen-bond donors (Lipinski definition) is 0. The van der Waals surface area contributed by atoms with Crippen molar-refractivity contribution in [3.8, 4) is 34.8 Å². The zero-order valence-corrected chi connectivity index (χ0v) is 18.6. The smallest absolute Gasteiger partial charge is 0.204 e. The van der Waals surface area contributed by atoms with Gasteiger partial charge in [-0.05, 0) is 42.5 Å². The average molecular weight is 465 g/mol. The molecule has 1 fully saturated rings. The van der Waals surface area contributed by atoms with Crippen LogP contribution in [0, 0.1) is 17.2 Å². The molecule has 1 saturated carbocycles. The number of fused-ring (bicyclic) bond motifs is 3. The van der Waals surface area contributed by atoms with E-state index < -0.39 is 0 Å². The molecule has 0 saturated heterocycles. The Balaban J connectivity index is 1.45. The topological polar surface area (TPSA) is 90.7 Å². The summed E-state index contributed by atoms with van der Waals surface area (Å²) in [5.74, 6) is 3.09. The number of pyridine rings is 1. The average Bonchev–Trinajstić information content (AvgIpc) is 3.63. The standard InChI is InChI=1S/C25H21ClN2O5/c26-19-13-18(4-3-16(19)12-17(29)11-15-1-2-15)33-21-5-7-28-20-14-22(30-8-6-27)24-25(23(20)21)32-10-9-31-24/h3-5,7,13-15H,1-2,8-12H2. The van der Waals surface area contributed by atoms with E-state index in [1.807, 2.05) is 12.1 Å². The van der Waals surface area contributed by atoms with E-state index in [0.717, 1.165) is 18.4 Å². The lowest BCUT2D eigenvalue weighted by Gasteiger charge is -2.23. The van der Waals surface area contributed by atoms with Gasteiger partial charge in [-0.15, -0.1) is 0 Å². The summed E-state index contributed by atoms with van der Waals surface area (Å²) in [5, 5.41) is 10.00. The van der Waals surface area contributed by atoms with Crippen molar-refractivity contribution in [2.24, 2.45) is 5.92 Å². The Labute approximate surface area is 195 Å². The number of hydrogen-bond acceptors (Lipinski definition) is 7. The molecular formula is C25H21ClN2O5. The Hall–Kier alpha value is -3.50. The second kappa shape index (κ2) is 9.16. The quantitative estimate of drug-likeness (QED) is 0.448. The van der Waals surface area contributed by atoms with Gasteiger partial charge in [-0.1, -0.05) is 17.7 Å².